The normalized spacial score (nSPS) is 10.4. The van der Waals surface area contributed by atoms with Crippen molar-refractivity contribution >= 4 is 33.2 Å². The molecule has 1 N–H and O–H groups in total. The highest BCUT2D eigenvalue weighted by molar-refractivity contribution is 9.10. The van der Waals surface area contributed by atoms with Gasteiger partial charge in [0.15, 0.2) is 0 Å². The van der Waals surface area contributed by atoms with E-state index in [0.29, 0.717) is 0 Å². The van der Waals surface area contributed by atoms with Crippen molar-refractivity contribution < 1.29 is 0 Å². The maximum absolute atomic E-state index is 6.00. The molecule has 0 unspecified atom stereocenters. The molecule has 0 aliphatic rings. The molecule has 0 saturated carbocycles. The predicted molar refractivity (Wildman–Crippen MR) is 82.4 cm³/mol. The molecule has 0 radical (unpaired) electrons. The summed E-state index contributed by atoms with van der Waals surface area (Å²) in [5.41, 5.74) is 4.85. The number of anilines is 1. The first-order valence-corrected chi connectivity index (χ1v) is 6.98. The lowest BCUT2D eigenvalue weighted by Crippen LogP contribution is -2.02. The molecule has 2 aromatic rings. The van der Waals surface area contributed by atoms with E-state index in [1.54, 1.807) is 0 Å². The summed E-state index contributed by atoms with van der Waals surface area (Å²) in [5, 5.41) is 4.20. The van der Waals surface area contributed by atoms with Crippen LogP contribution in [0.1, 0.15) is 16.7 Å². The third kappa shape index (κ3) is 3.27. The van der Waals surface area contributed by atoms with Gasteiger partial charge in [0.1, 0.15) is 0 Å². The summed E-state index contributed by atoms with van der Waals surface area (Å²) in [6, 6.07) is 12.2. The zero-order valence-corrected chi connectivity index (χ0v) is 12.8. The Labute approximate surface area is 121 Å². The van der Waals surface area contributed by atoms with Crippen LogP contribution in [0, 0.1) is 13.8 Å². The molecular formula is C15H15BrClN. The molecule has 0 fully saturated rings. The average Bonchev–Trinajstić information content (AvgIpc) is 2.32. The first kappa shape index (κ1) is 13.4. The molecule has 0 saturated heterocycles. The summed E-state index contributed by atoms with van der Waals surface area (Å²) in [6.07, 6.45) is 0. The third-order valence-corrected chi connectivity index (χ3v) is 3.87. The molecule has 0 heterocycles. The molecule has 1 nitrogen and oxygen atoms in total. The number of halogens is 2. The van der Waals surface area contributed by atoms with Crippen LogP contribution in [0.15, 0.2) is 40.9 Å². The SMILES string of the molecule is Cc1ccc(NCc2cc(Cl)ccc2Br)c(C)c1. The molecule has 3 heteroatoms. The second-order valence-electron chi connectivity index (χ2n) is 4.41. The molecule has 2 aromatic carbocycles. The quantitative estimate of drug-likeness (QED) is 0.804. The monoisotopic (exact) mass is 323 g/mol. The lowest BCUT2D eigenvalue weighted by Gasteiger charge is -2.11. The topological polar surface area (TPSA) is 12.0 Å². The van der Waals surface area contributed by atoms with E-state index in [9.17, 15) is 0 Å². The van der Waals surface area contributed by atoms with Crippen molar-refractivity contribution in [1.29, 1.82) is 0 Å². The van der Waals surface area contributed by atoms with Crippen molar-refractivity contribution in [2.45, 2.75) is 20.4 Å². The molecule has 2 rings (SSSR count). The van der Waals surface area contributed by atoms with E-state index < -0.39 is 0 Å². The first-order chi connectivity index (χ1) is 8.56. The molecule has 0 aliphatic heterocycles. The van der Waals surface area contributed by atoms with Gasteiger partial charge in [-0.2, -0.15) is 0 Å². The highest BCUT2D eigenvalue weighted by Crippen LogP contribution is 2.23. The highest BCUT2D eigenvalue weighted by Gasteiger charge is 2.02. The minimum Gasteiger partial charge on any atom is -0.381 e. The summed E-state index contributed by atoms with van der Waals surface area (Å²) in [7, 11) is 0. The Morgan fingerprint density at radius 3 is 2.61 bits per heavy atom. The van der Waals surface area contributed by atoms with E-state index in [-0.39, 0.29) is 0 Å². The lowest BCUT2D eigenvalue weighted by molar-refractivity contribution is 1.13. The van der Waals surface area contributed by atoms with Gasteiger partial charge in [-0.3, -0.25) is 0 Å². The standard InChI is InChI=1S/C15H15BrClN/c1-10-3-6-15(11(2)7-10)18-9-12-8-13(17)4-5-14(12)16/h3-8,18H,9H2,1-2H3. The van der Waals surface area contributed by atoms with Crippen molar-refractivity contribution in [3.63, 3.8) is 0 Å². The summed E-state index contributed by atoms with van der Waals surface area (Å²) < 4.78 is 1.07. The van der Waals surface area contributed by atoms with Crippen molar-refractivity contribution in [2.24, 2.45) is 0 Å². The number of benzene rings is 2. The third-order valence-electron chi connectivity index (χ3n) is 2.86. The van der Waals surface area contributed by atoms with Gasteiger partial charge in [-0.1, -0.05) is 45.2 Å². The van der Waals surface area contributed by atoms with Crippen molar-refractivity contribution in [1.82, 2.24) is 0 Å². The van der Waals surface area contributed by atoms with Crippen LogP contribution in [-0.4, -0.2) is 0 Å². The molecule has 0 aliphatic carbocycles. The second-order valence-corrected chi connectivity index (χ2v) is 5.70. The van der Waals surface area contributed by atoms with E-state index in [1.165, 1.54) is 11.1 Å². The van der Waals surface area contributed by atoms with Gasteiger partial charge in [-0.05, 0) is 49.2 Å². The Hall–Kier alpha value is -0.990. The van der Waals surface area contributed by atoms with Crippen LogP contribution in [0.4, 0.5) is 5.69 Å². The molecule has 94 valence electrons. The number of aryl methyl sites for hydroxylation is 2. The Morgan fingerprint density at radius 2 is 1.89 bits per heavy atom. The molecule has 0 bridgehead atoms. The summed E-state index contributed by atoms with van der Waals surface area (Å²) in [4.78, 5) is 0. The fourth-order valence-electron chi connectivity index (χ4n) is 1.88. The zero-order valence-electron chi connectivity index (χ0n) is 10.4. The van der Waals surface area contributed by atoms with E-state index in [4.69, 9.17) is 11.6 Å². The molecule has 0 atom stereocenters. The largest absolute Gasteiger partial charge is 0.381 e. The van der Waals surface area contributed by atoms with Crippen LogP contribution in [0.3, 0.4) is 0 Å². The van der Waals surface area contributed by atoms with Crippen LogP contribution in [0.2, 0.25) is 5.02 Å². The van der Waals surface area contributed by atoms with Crippen molar-refractivity contribution in [2.75, 3.05) is 5.32 Å². The highest BCUT2D eigenvalue weighted by atomic mass is 79.9. The minimum atomic E-state index is 0.755. The summed E-state index contributed by atoms with van der Waals surface area (Å²) >= 11 is 9.54. The van der Waals surface area contributed by atoms with E-state index in [2.05, 4.69) is 53.3 Å². The van der Waals surface area contributed by atoms with Crippen LogP contribution < -0.4 is 5.32 Å². The van der Waals surface area contributed by atoms with Gasteiger partial charge in [-0.15, -0.1) is 0 Å². The van der Waals surface area contributed by atoms with Crippen LogP contribution in [0.5, 0.6) is 0 Å². The Bertz CT molecular complexity index is 566. The Balaban J connectivity index is 2.13. The lowest BCUT2D eigenvalue weighted by atomic mass is 10.1. The van der Waals surface area contributed by atoms with E-state index >= 15 is 0 Å². The number of hydrogen-bond acceptors (Lipinski definition) is 1. The zero-order chi connectivity index (χ0) is 13.1. The average molecular weight is 325 g/mol. The van der Waals surface area contributed by atoms with Gasteiger partial charge in [-0.25, -0.2) is 0 Å². The summed E-state index contributed by atoms with van der Waals surface area (Å²) in [6.45, 7) is 4.97. The first-order valence-electron chi connectivity index (χ1n) is 5.81. The van der Waals surface area contributed by atoms with Crippen LogP contribution in [-0.2, 0) is 6.54 Å². The molecular weight excluding hydrogens is 310 g/mol. The smallest absolute Gasteiger partial charge is 0.0412 e. The number of nitrogens with one attached hydrogen (secondary N) is 1. The molecule has 18 heavy (non-hydrogen) atoms. The maximum atomic E-state index is 6.00. The number of hydrogen-bond donors (Lipinski definition) is 1. The molecule has 0 spiro atoms. The molecule has 0 aromatic heterocycles. The van der Waals surface area contributed by atoms with Crippen molar-refractivity contribution in [3.05, 3.63) is 62.6 Å². The molecule has 0 amide bonds. The fraction of sp³-hybridized carbons (Fsp3) is 0.200. The van der Waals surface area contributed by atoms with Gasteiger partial charge in [0.05, 0.1) is 0 Å². The van der Waals surface area contributed by atoms with Crippen LogP contribution in [0.25, 0.3) is 0 Å². The Morgan fingerprint density at radius 1 is 1.11 bits per heavy atom. The van der Waals surface area contributed by atoms with Gasteiger partial charge >= 0.3 is 0 Å². The maximum Gasteiger partial charge on any atom is 0.0412 e. The van der Waals surface area contributed by atoms with Gasteiger partial charge < -0.3 is 5.32 Å². The summed E-state index contributed by atoms with van der Waals surface area (Å²) in [5.74, 6) is 0. The Kier molecular flexibility index (Phi) is 4.31. The van der Waals surface area contributed by atoms with Gasteiger partial charge in [0, 0.05) is 21.7 Å². The van der Waals surface area contributed by atoms with E-state index in [1.807, 2.05) is 18.2 Å². The number of rotatable bonds is 3. The minimum absolute atomic E-state index is 0.755. The fourth-order valence-corrected chi connectivity index (χ4v) is 2.46. The van der Waals surface area contributed by atoms with Gasteiger partial charge in [0.2, 0.25) is 0 Å². The second kappa shape index (κ2) is 5.77. The van der Waals surface area contributed by atoms with E-state index in [0.717, 1.165) is 27.3 Å². The van der Waals surface area contributed by atoms with Gasteiger partial charge in [0.25, 0.3) is 0 Å². The van der Waals surface area contributed by atoms with Crippen molar-refractivity contribution in [3.8, 4) is 0 Å². The predicted octanol–water partition coefficient (Wildman–Crippen LogP) is 5.33. The van der Waals surface area contributed by atoms with Crippen LogP contribution >= 0.6 is 27.5 Å².